The number of fused-ring (bicyclic) bond motifs is 2. The van der Waals surface area contributed by atoms with Crippen molar-refractivity contribution in [3.8, 4) is 0 Å². The number of aryl methyl sites for hydroxylation is 1. The quantitative estimate of drug-likeness (QED) is 0.666. The van der Waals surface area contributed by atoms with Crippen molar-refractivity contribution in [1.82, 2.24) is 15.0 Å². The summed E-state index contributed by atoms with van der Waals surface area (Å²) in [6, 6.07) is 0. The highest BCUT2D eigenvalue weighted by molar-refractivity contribution is 5.14. The molecule has 2 aliphatic rings. The largest absolute Gasteiger partial charge is 0.339 e. The first kappa shape index (κ1) is 8.41. The van der Waals surface area contributed by atoms with E-state index in [1.54, 1.807) is 0 Å². The highest BCUT2D eigenvalue weighted by Crippen LogP contribution is 2.44. The van der Waals surface area contributed by atoms with Gasteiger partial charge in [0.1, 0.15) is 0 Å². The Morgan fingerprint density at radius 1 is 1.57 bits per heavy atom. The predicted molar refractivity (Wildman–Crippen MR) is 50.9 cm³/mol. The summed E-state index contributed by atoms with van der Waals surface area (Å²) >= 11 is 0. The molecule has 4 nitrogen and oxygen atoms in total. The molecule has 0 N–H and O–H groups in total. The van der Waals surface area contributed by atoms with Crippen molar-refractivity contribution in [1.29, 1.82) is 0 Å². The van der Waals surface area contributed by atoms with Crippen molar-refractivity contribution in [3.05, 3.63) is 11.7 Å². The van der Waals surface area contributed by atoms with Crippen LogP contribution in [0.1, 0.15) is 25.1 Å². The van der Waals surface area contributed by atoms with Gasteiger partial charge in [0.05, 0.1) is 5.41 Å². The zero-order valence-corrected chi connectivity index (χ0v) is 8.66. The van der Waals surface area contributed by atoms with Gasteiger partial charge >= 0.3 is 0 Å². The summed E-state index contributed by atoms with van der Waals surface area (Å²) in [5.41, 5.74) is 0.111. The Bertz CT molecular complexity index is 362. The summed E-state index contributed by atoms with van der Waals surface area (Å²) in [5, 5.41) is 3.89. The van der Waals surface area contributed by atoms with Gasteiger partial charge < -0.3 is 9.42 Å². The van der Waals surface area contributed by atoms with Gasteiger partial charge in [-0.05, 0) is 32.7 Å². The molecule has 0 spiro atoms. The van der Waals surface area contributed by atoms with E-state index >= 15 is 0 Å². The van der Waals surface area contributed by atoms with Crippen molar-refractivity contribution < 1.29 is 4.52 Å². The van der Waals surface area contributed by atoms with E-state index in [1.807, 2.05) is 6.92 Å². The molecule has 0 aliphatic carbocycles. The number of piperidine rings is 1. The van der Waals surface area contributed by atoms with E-state index in [9.17, 15) is 0 Å². The minimum atomic E-state index is 0.111. The molecule has 0 amide bonds. The standard InChI is InChI=1S/C10H15N3O/c1-7-11-9(14-12-7)10(2)6-13-4-3-8(10)5-13/h8H,3-6H2,1-2H3. The first-order valence-corrected chi connectivity index (χ1v) is 5.21. The van der Waals surface area contributed by atoms with Crippen LogP contribution in [-0.2, 0) is 5.41 Å². The molecule has 1 aromatic rings. The predicted octanol–water partition coefficient (Wildman–Crippen LogP) is 0.971. The van der Waals surface area contributed by atoms with Gasteiger partial charge in [0, 0.05) is 13.1 Å². The lowest BCUT2D eigenvalue weighted by molar-refractivity contribution is 0.211. The van der Waals surface area contributed by atoms with E-state index < -0.39 is 0 Å². The number of aromatic nitrogens is 2. The molecule has 2 aliphatic heterocycles. The molecule has 2 bridgehead atoms. The molecule has 4 heteroatoms. The minimum absolute atomic E-state index is 0.111. The van der Waals surface area contributed by atoms with Crippen LogP contribution < -0.4 is 0 Å². The molecule has 14 heavy (non-hydrogen) atoms. The SMILES string of the molecule is Cc1noc(C2(C)CN3CCC2C3)n1. The van der Waals surface area contributed by atoms with Crippen LogP contribution in [0.3, 0.4) is 0 Å². The minimum Gasteiger partial charge on any atom is -0.339 e. The third-order valence-electron chi connectivity index (χ3n) is 3.74. The average molecular weight is 193 g/mol. The number of hydrogen-bond acceptors (Lipinski definition) is 4. The maximum Gasteiger partial charge on any atom is 0.234 e. The summed E-state index contributed by atoms with van der Waals surface area (Å²) in [7, 11) is 0. The summed E-state index contributed by atoms with van der Waals surface area (Å²) in [6.45, 7) is 7.66. The fourth-order valence-corrected chi connectivity index (χ4v) is 2.86. The maximum atomic E-state index is 5.32. The summed E-state index contributed by atoms with van der Waals surface area (Å²) in [6.07, 6.45) is 1.28. The molecule has 3 unspecified atom stereocenters. The van der Waals surface area contributed by atoms with Crippen molar-refractivity contribution in [2.24, 2.45) is 5.92 Å². The Morgan fingerprint density at radius 2 is 2.43 bits per heavy atom. The van der Waals surface area contributed by atoms with Gasteiger partial charge in [-0.3, -0.25) is 0 Å². The van der Waals surface area contributed by atoms with Gasteiger partial charge in [-0.1, -0.05) is 5.16 Å². The third-order valence-corrected chi connectivity index (χ3v) is 3.74. The fraction of sp³-hybridized carbons (Fsp3) is 0.800. The van der Waals surface area contributed by atoms with Crippen molar-refractivity contribution in [2.75, 3.05) is 19.6 Å². The molecule has 0 saturated carbocycles. The summed E-state index contributed by atoms with van der Waals surface area (Å²) < 4.78 is 5.32. The lowest BCUT2D eigenvalue weighted by atomic mass is 9.77. The number of rotatable bonds is 1. The topological polar surface area (TPSA) is 42.2 Å². The van der Waals surface area contributed by atoms with E-state index in [1.165, 1.54) is 19.5 Å². The normalized spacial score (nSPS) is 40.7. The molecule has 2 saturated heterocycles. The smallest absolute Gasteiger partial charge is 0.234 e. The highest BCUT2D eigenvalue weighted by atomic mass is 16.5. The molecule has 3 atom stereocenters. The Balaban J connectivity index is 1.97. The van der Waals surface area contributed by atoms with Crippen molar-refractivity contribution in [2.45, 2.75) is 25.7 Å². The van der Waals surface area contributed by atoms with Gasteiger partial charge in [-0.2, -0.15) is 4.98 Å². The molecule has 2 fully saturated rings. The van der Waals surface area contributed by atoms with Crippen LogP contribution in [0.5, 0.6) is 0 Å². The fourth-order valence-electron chi connectivity index (χ4n) is 2.86. The van der Waals surface area contributed by atoms with Crippen LogP contribution in [0.15, 0.2) is 4.52 Å². The van der Waals surface area contributed by atoms with Crippen LogP contribution in [-0.4, -0.2) is 34.7 Å². The highest BCUT2D eigenvalue weighted by Gasteiger charge is 2.51. The van der Waals surface area contributed by atoms with E-state index in [0.29, 0.717) is 5.92 Å². The lowest BCUT2D eigenvalue weighted by Gasteiger charge is -2.29. The van der Waals surface area contributed by atoms with Crippen LogP contribution in [0, 0.1) is 12.8 Å². The molecule has 0 aromatic carbocycles. The molecule has 1 aromatic heterocycles. The second-order valence-electron chi connectivity index (χ2n) is 4.78. The van der Waals surface area contributed by atoms with Crippen LogP contribution >= 0.6 is 0 Å². The second-order valence-corrected chi connectivity index (χ2v) is 4.78. The van der Waals surface area contributed by atoms with E-state index in [-0.39, 0.29) is 5.41 Å². The molecule has 76 valence electrons. The van der Waals surface area contributed by atoms with E-state index in [4.69, 9.17) is 4.52 Å². The van der Waals surface area contributed by atoms with Crippen LogP contribution in [0.2, 0.25) is 0 Å². The number of nitrogens with zero attached hydrogens (tertiary/aromatic N) is 3. The number of hydrogen-bond donors (Lipinski definition) is 0. The molecule has 0 radical (unpaired) electrons. The van der Waals surface area contributed by atoms with Gasteiger partial charge in [0.2, 0.25) is 5.89 Å². The monoisotopic (exact) mass is 193 g/mol. The van der Waals surface area contributed by atoms with Gasteiger partial charge in [0.25, 0.3) is 0 Å². The Morgan fingerprint density at radius 3 is 2.93 bits per heavy atom. The van der Waals surface area contributed by atoms with Crippen molar-refractivity contribution >= 4 is 0 Å². The first-order chi connectivity index (χ1) is 6.68. The Labute approximate surface area is 83.3 Å². The molecule has 3 heterocycles. The van der Waals surface area contributed by atoms with E-state index in [2.05, 4.69) is 22.0 Å². The second kappa shape index (κ2) is 2.57. The summed E-state index contributed by atoms with van der Waals surface area (Å²) in [5.74, 6) is 2.29. The van der Waals surface area contributed by atoms with Gasteiger partial charge in [-0.25, -0.2) is 0 Å². The van der Waals surface area contributed by atoms with Crippen LogP contribution in [0.4, 0.5) is 0 Å². The third kappa shape index (κ3) is 0.974. The average Bonchev–Trinajstić information content (AvgIpc) is 2.78. The molecule has 3 rings (SSSR count). The van der Waals surface area contributed by atoms with Crippen LogP contribution in [0.25, 0.3) is 0 Å². The zero-order chi connectivity index (χ0) is 9.76. The zero-order valence-electron chi connectivity index (χ0n) is 8.66. The van der Waals surface area contributed by atoms with Gasteiger partial charge in [-0.15, -0.1) is 0 Å². The Kier molecular flexibility index (Phi) is 1.54. The molecular weight excluding hydrogens is 178 g/mol. The maximum absolute atomic E-state index is 5.32. The van der Waals surface area contributed by atoms with Gasteiger partial charge in [0.15, 0.2) is 5.82 Å². The van der Waals surface area contributed by atoms with E-state index in [0.717, 1.165) is 18.3 Å². The summed E-state index contributed by atoms with van der Waals surface area (Å²) in [4.78, 5) is 6.87. The Hall–Kier alpha value is -0.900. The lowest BCUT2D eigenvalue weighted by Crippen LogP contribution is -2.37. The first-order valence-electron chi connectivity index (χ1n) is 5.21. The molecular formula is C10H15N3O. The van der Waals surface area contributed by atoms with Crippen molar-refractivity contribution in [3.63, 3.8) is 0 Å².